The second-order valence-corrected chi connectivity index (χ2v) is 12.2. The molecule has 1 aliphatic heterocycles. The van der Waals surface area contributed by atoms with Crippen molar-refractivity contribution in [1.29, 1.82) is 0 Å². The normalized spacial score (nSPS) is 36.2. The van der Waals surface area contributed by atoms with Gasteiger partial charge < -0.3 is 19.5 Å². The van der Waals surface area contributed by atoms with Crippen molar-refractivity contribution in [3.63, 3.8) is 0 Å². The number of aryl methyl sites for hydroxylation is 1. The Morgan fingerprint density at radius 2 is 1.76 bits per heavy atom. The number of ether oxygens (including phenoxy) is 2. The lowest BCUT2D eigenvalue weighted by Crippen LogP contribution is -2.48. The van der Waals surface area contributed by atoms with Crippen LogP contribution in [0.3, 0.4) is 0 Å². The van der Waals surface area contributed by atoms with Crippen molar-refractivity contribution in [2.45, 2.75) is 82.8 Å². The Morgan fingerprint density at radius 1 is 1.12 bits per heavy atom. The summed E-state index contributed by atoms with van der Waals surface area (Å²) < 4.78 is 12.2. The molecule has 34 heavy (non-hydrogen) atoms. The fourth-order valence-corrected chi connectivity index (χ4v) is 8.31. The van der Waals surface area contributed by atoms with Gasteiger partial charge in [0.15, 0.2) is 6.04 Å². The van der Waals surface area contributed by atoms with E-state index in [1.165, 1.54) is 56.9 Å². The summed E-state index contributed by atoms with van der Waals surface area (Å²) in [5.41, 5.74) is 4.64. The maximum absolute atomic E-state index is 12.0. The molecule has 1 saturated heterocycles. The van der Waals surface area contributed by atoms with E-state index in [9.17, 15) is 9.90 Å². The topological polar surface area (TPSA) is 59.0 Å². The third kappa shape index (κ3) is 3.84. The van der Waals surface area contributed by atoms with E-state index in [4.69, 9.17) is 9.47 Å². The van der Waals surface area contributed by atoms with E-state index >= 15 is 0 Å². The molecule has 1 aromatic carbocycles. The van der Waals surface area contributed by atoms with E-state index < -0.39 is 12.0 Å². The van der Waals surface area contributed by atoms with Crippen molar-refractivity contribution in [1.82, 2.24) is 4.90 Å². The van der Waals surface area contributed by atoms with E-state index in [1.54, 1.807) is 7.11 Å². The van der Waals surface area contributed by atoms with Crippen molar-refractivity contribution in [3.05, 3.63) is 35.4 Å². The molecule has 5 nitrogen and oxygen atoms in total. The number of nitrogens with zero attached hydrogens (tertiary/aromatic N) is 1. The number of aliphatic carboxylic acids is 1. The van der Waals surface area contributed by atoms with E-state index in [1.807, 2.05) is 4.90 Å². The van der Waals surface area contributed by atoms with Gasteiger partial charge in [0, 0.05) is 30.3 Å². The molecule has 4 bridgehead atoms. The number of hydrogen-bond acceptors (Lipinski definition) is 4. The Kier molecular flexibility index (Phi) is 5.47. The Balaban J connectivity index is 1.24. The van der Waals surface area contributed by atoms with Crippen LogP contribution in [-0.4, -0.2) is 48.4 Å². The summed E-state index contributed by atoms with van der Waals surface area (Å²) in [6, 6.07) is 3.77. The first-order valence-corrected chi connectivity index (χ1v) is 13.3. The summed E-state index contributed by atoms with van der Waals surface area (Å²) in [7, 11) is 1.60. The van der Waals surface area contributed by atoms with Gasteiger partial charge in [-0.25, -0.2) is 4.79 Å². The van der Waals surface area contributed by atoms with Crippen LogP contribution in [0.4, 0.5) is 0 Å². The standard InChI is InChI=1S/C29H39NO4/c1-17-8-26(34-16-29-13-19-9-20(14-29)11-21(10-19)15-29)24(22-4-5-22)12-23(17)18(2)30-7-6-25(33-3)27(30)28(31)32/h8,12,19-22,25,27H,2,4-7,9-11,13-16H2,1,3H3,(H,31,32)/t19?,20?,21?,25-,27-,29?/m0/s1. The molecule has 0 aromatic heterocycles. The lowest BCUT2D eigenvalue weighted by Gasteiger charge is -2.56. The van der Waals surface area contributed by atoms with Gasteiger partial charge in [-0.2, -0.15) is 0 Å². The number of carboxylic acids is 1. The van der Waals surface area contributed by atoms with Gasteiger partial charge in [0.2, 0.25) is 0 Å². The SMILES string of the molecule is C=C(c1cc(C2CC2)c(OCC23CC4CC(CC(C4)C2)C3)cc1C)N1CC[C@H](OC)[C@H]1C(=O)O. The zero-order chi connectivity index (χ0) is 23.6. The Bertz CT molecular complexity index is 961. The van der Waals surface area contributed by atoms with Crippen LogP contribution >= 0.6 is 0 Å². The van der Waals surface area contributed by atoms with Crippen LogP contribution < -0.4 is 4.74 Å². The molecule has 5 aliphatic carbocycles. The molecule has 2 atom stereocenters. The summed E-state index contributed by atoms with van der Waals surface area (Å²) >= 11 is 0. The lowest BCUT2D eigenvalue weighted by atomic mass is 9.50. The molecule has 0 spiro atoms. The fraction of sp³-hybridized carbons (Fsp3) is 0.690. The highest BCUT2D eigenvalue weighted by Crippen LogP contribution is 2.60. The van der Waals surface area contributed by atoms with E-state index in [-0.39, 0.29) is 6.10 Å². The average molecular weight is 466 g/mol. The van der Waals surface area contributed by atoms with E-state index in [2.05, 4.69) is 25.6 Å². The highest BCUT2D eigenvalue weighted by molar-refractivity contribution is 5.79. The van der Waals surface area contributed by atoms with Crippen LogP contribution in [0.1, 0.15) is 80.4 Å². The van der Waals surface area contributed by atoms with Crippen molar-refractivity contribution < 1.29 is 19.4 Å². The van der Waals surface area contributed by atoms with Gasteiger partial charge in [-0.05, 0) is 112 Å². The predicted octanol–water partition coefficient (Wildman–Crippen LogP) is 5.61. The van der Waals surface area contributed by atoms with Crippen LogP contribution in [0, 0.1) is 30.1 Å². The quantitative estimate of drug-likeness (QED) is 0.541. The highest BCUT2D eigenvalue weighted by atomic mass is 16.5. The van der Waals surface area contributed by atoms with Crippen LogP contribution in [-0.2, 0) is 9.53 Å². The highest BCUT2D eigenvalue weighted by Gasteiger charge is 2.51. The number of methoxy groups -OCH3 is 1. The largest absolute Gasteiger partial charge is 0.493 e. The van der Waals surface area contributed by atoms with Crippen LogP contribution in [0.25, 0.3) is 5.70 Å². The zero-order valence-electron chi connectivity index (χ0n) is 20.7. The van der Waals surface area contributed by atoms with Gasteiger partial charge in [-0.15, -0.1) is 0 Å². The first kappa shape index (κ1) is 22.5. The third-order valence-corrected chi connectivity index (χ3v) is 9.63. The summed E-state index contributed by atoms with van der Waals surface area (Å²) in [5.74, 6) is 3.56. The maximum atomic E-state index is 12.0. The first-order valence-electron chi connectivity index (χ1n) is 13.3. The summed E-state index contributed by atoms with van der Waals surface area (Å²) in [4.78, 5) is 13.9. The zero-order valence-corrected chi connectivity index (χ0v) is 20.7. The Hall–Kier alpha value is -2.01. The van der Waals surface area contributed by atoms with Crippen LogP contribution in [0.5, 0.6) is 5.75 Å². The molecule has 0 unspecified atom stereocenters. The Morgan fingerprint density at radius 3 is 2.32 bits per heavy atom. The fourth-order valence-electron chi connectivity index (χ4n) is 8.31. The van der Waals surface area contributed by atoms with Gasteiger partial charge in [-0.1, -0.05) is 6.58 Å². The molecule has 0 amide bonds. The van der Waals surface area contributed by atoms with Crippen molar-refractivity contribution in [2.24, 2.45) is 23.2 Å². The molecule has 5 saturated carbocycles. The number of carboxylic acid groups (broad SMARTS) is 1. The first-order chi connectivity index (χ1) is 16.4. The summed E-state index contributed by atoms with van der Waals surface area (Å²) in [6.07, 6.45) is 11.3. The van der Waals surface area contributed by atoms with Gasteiger partial charge in [0.1, 0.15) is 5.75 Å². The molecule has 1 heterocycles. The maximum Gasteiger partial charge on any atom is 0.329 e. The summed E-state index contributed by atoms with van der Waals surface area (Å²) in [5, 5.41) is 9.85. The average Bonchev–Trinajstić information content (AvgIpc) is 3.53. The number of hydrogen-bond donors (Lipinski definition) is 1. The summed E-state index contributed by atoms with van der Waals surface area (Å²) in [6.45, 7) is 7.97. The van der Waals surface area contributed by atoms with Crippen molar-refractivity contribution in [2.75, 3.05) is 20.3 Å². The lowest BCUT2D eigenvalue weighted by molar-refractivity contribution is -0.144. The Labute approximate surface area is 203 Å². The number of rotatable bonds is 8. The van der Waals surface area contributed by atoms with Crippen LogP contribution in [0.2, 0.25) is 0 Å². The molecule has 6 aliphatic rings. The molecule has 5 heteroatoms. The minimum atomic E-state index is -0.846. The molecule has 7 rings (SSSR count). The number of carbonyl (C=O) groups is 1. The third-order valence-electron chi connectivity index (χ3n) is 9.63. The molecule has 0 radical (unpaired) electrons. The minimum Gasteiger partial charge on any atom is -0.493 e. The molecule has 1 N–H and O–H groups in total. The second kappa shape index (κ2) is 8.29. The van der Waals surface area contributed by atoms with Gasteiger partial charge >= 0.3 is 5.97 Å². The number of likely N-dealkylation sites (tertiary alicyclic amines) is 1. The molecule has 6 fully saturated rings. The molecule has 184 valence electrons. The van der Waals surface area contributed by atoms with Crippen molar-refractivity contribution >= 4 is 11.7 Å². The molecular weight excluding hydrogens is 426 g/mol. The van der Waals surface area contributed by atoms with Crippen molar-refractivity contribution in [3.8, 4) is 5.75 Å². The van der Waals surface area contributed by atoms with Crippen LogP contribution in [0.15, 0.2) is 18.7 Å². The molecule has 1 aromatic rings. The van der Waals surface area contributed by atoms with E-state index in [0.29, 0.717) is 24.3 Å². The predicted molar refractivity (Wildman–Crippen MR) is 132 cm³/mol. The van der Waals surface area contributed by atoms with Gasteiger partial charge in [-0.3, -0.25) is 0 Å². The smallest absolute Gasteiger partial charge is 0.329 e. The second-order valence-electron chi connectivity index (χ2n) is 12.2. The van der Waals surface area contributed by atoms with Gasteiger partial charge in [0.25, 0.3) is 0 Å². The number of benzene rings is 1. The van der Waals surface area contributed by atoms with Gasteiger partial charge in [0.05, 0.1) is 12.7 Å². The monoisotopic (exact) mass is 465 g/mol. The molecular formula is C29H39NO4. The minimum absolute atomic E-state index is 0.305. The van der Waals surface area contributed by atoms with E-state index in [0.717, 1.165) is 46.9 Å².